The van der Waals surface area contributed by atoms with Crippen molar-refractivity contribution in [3.8, 4) is 0 Å². The lowest BCUT2D eigenvalue weighted by Gasteiger charge is -2.58. The van der Waals surface area contributed by atoms with E-state index in [1.165, 1.54) is 19.3 Å². The number of hydrogen-bond donors (Lipinski definition) is 2. The van der Waals surface area contributed by atoms with E-state index in [4.69, 9.17) is 5.73 Å². The first kappa shape index (κ1) is 7.34. The molecular formula is C10H17NO. The largest absolute Gasteiger partial charge is 0.390 e. The Morgan fingerprint density at radius 2 is 1.67 bits per heavy atom. The molecule has 0 aromatic heterocycles. The van der Waals surface area contributed by atoms with Gasteiger partial charge >= 0.3 is 0 Å². The molecule has 4 atom stereocenters. The van der Waals surface area contributed by atoms with Gasteiger partial charge in [0.25, 0.3) is 0 Å². The third kappa shape index (κ3) is 0.882. The van der Waals surface area contributed by atoms with E-state index < -0.39 is 0 Å². The van der Waals surface area contributed by atoms with Crippen LogP contribution >= 0.6 is 0 Å². The summed E-state index contributed by atoms with van der Waals surface area (Å²) in [4.78, 5) is 0. The van der Waals surface area contributed by atoms with Gasteiger partial charge in [0, 0.05) is 5.54 Å². The maximum Gasteiger partial charge on any atom is 0.0670 e. The average Bonchev–Trinajstić information content (AvgIpc) is 1.75. The SMILES string of the molecule is NC12CC3C[C@@H](C1)CC(O)(C3)C2. The van der Waals surface area contributed by atoms with E-state index in [-0.39, 0.29) is 11.1 Å². The fourth-order valence-corrected chi connectivity index (χ4v) is 4.28. The summed E-state index contributed by atoms with van der Waals surface area (Å²) in [6.45, 7) is 0. The summed E-state index contributed by atoms with van der Waals surface area (Å²) in [7, 11) is 0. The van der Waals surface area contributed by atoms with Crippen molar-refractivity contribution in [3.63, 3.8) is 0 Å². The Hall–Kier alpha value is -0.0800. The summed E-state index contributed by atoms with van der Waals surface area (Å²) in [6.07, 6.45) is 6.61. The monoisotopic (exact) mass is 167 g/mol. The van der Waals surface area contributed by atoms with Crippen LogP contribution in [0.15, 0.2) is 0 Å². The summed E-state index contributed by atoms with van der Waals surface area (Å²) in [5.41, 5.74) is 5.90. The van der Waals surface area contributed by atoms with Gasteiger partial charge in [-0.3, -0.25) is 0 Å². The molecule has 4 bridgehead atoms. The summed E-state index contributed by atoms with van der Waals surface area (Å²) >= 11 is 0. The van der Waals surface area contributed by atoms with Gasteiger partial charge in [0.05, 0.1) is 5.60 Å². The van der Waals surface area contributed by atoms with E-state index in [2.05, 4.69) is 0 Å². The van der Waals surface area contributed by atoms with E-state index >= 15 is 0 Å². The Bertz CT molecular complexity index is 192. The van der Waals surface area contributed by atoms with Crippen LogP contribution in [0.5, 0.6) is 0 Å². The molecule has 0 amide bonds. The first-order valence-electron chi connectivity index (χ1n) is 5.08. The van der Waals surface area contributed by atoms with Gasteiger partial charge in [-0.15, -0.1) is 0 Å². The van der Waals surface area contributed by atoms with Gasteiger partial charge in [-0.05, 0) is 50.4 Å². The molecule has 2 heteroatoms. The second-order valence-corrected chi connectivity index (χ2v) is 5.55. The fourth-order valence-electron chi connectivity index (χ4n) is 4.28. The third-order valence-electron chi connectivity index (χ3n) is 4.08. The van der Waals surface area contributed by atoms with Crippen LogP contribution in [0.3, 0.4) is 0 Å². The maximum absolute atomic E-state index is 10.2. The normalized spacial score (nSPS) is 62.5. The summed E-state index contributed by atoms with van der Waals surface area (Å²) in [5.74, 6) is 1.47. The number of aliphatic hydroxyl groups is 1. The third-order valence-corrected chi connectivity index (χ3v) is 4.08. The zero-order valence-electron chi connectivity index (χ0n) is 7.42. The molecule has 4 saturated carbocycles. The molecule has 0 saturated heterocycles. The number of nitrogens with two attached hydrogens (primary N) is 1. The lowest BCUT2D eigenvalue weighted by molar-refractivity contribution is -0.133. The lowest BCUT2D eigenvalue weighted by Crippen LogP contribution is -2.62. The first-order chi connectivity index (χ1) is 5.57. The molecule has 4 aliphatic carbocycles. The van der Waals surface area contributed by atoms with Crippen molar-refractivity contribution in [2.45, 2.75) is 49.7 Å². The van der Waals surface area contributed by atoms with E-state index in [1.807, 2.05) is 0 Å². The van der Waals surface area contributed by atoms with Gasteiger partial charge in [0.1, 0.15) is 0 Å². The maximum atomic E-state index is 10.2. The van der Waals surface area contributed by atoms with Crippen LogP contribution < -0.4 is 5.73 Å². The van der Waals surface area contributed by atoms with E-state index in [1.54, 1.807) is 0 Å². The molecule has 3 unspecified atom stereocenters. The van der Waals surface area contributed by atoms with Gasteiger partial charge in [0.15, 0.2) is 0 Å². The molecule has 0 radical (unpaired) electrons. The molecule has 3 N–H and O–H groups in total. The Morgan fingerprint density at radius 3 is 2.08 bits per heavy atom. The van der Waals surface area contributed by atoms with E-state index in [0.717, 1.165) is 31.1 Å². The molecule has 2 nitrogen and oxygen atoms in total. The first-order valence-corrected chi connectivity index (χ1v) is 5.08. The van der Waals surface area contributed by atoms with Crippen molar-refractivity contribution in [1.82, 2.24) is 0 Å². The zero-order chi connectivity index (χ0) is 8.40. The lowest BCUT2D eigenvalue weighted by atomic mass is 9.51. The molecule has 0 spiro atoms. The minimum Gasteiger partial charge on any atom is -0.390 e. The fraction of sp³-hybridized carbons (Fsp3) is 1.00. The molecule has 0 aromatic carbocycles. The molecule has 4 fully saturated rings. The molecule has 4 aliphatic rings. The van der Waals surface area contributed by atoms with Crippen LogP contribution in [-0.4, -0.2) is 16.2 Å². The van der Waals surface area contributed by atoms with Crippen LogP contribution in [0.1, 0.15) is 38.5 Å². The van der Waals surface area contributed by atoms with Crippen molar-refractivity contribution in [2.75, 3.05) is 0 Å². The average molecular weight is 167 g/mol. The molecular weight excluding hydrogens is 150 g/mol. The van der Waals surface area contributed by atoms with Gasteiger partial charge in [-0.25, -0.2) is 0 Å². The highest BCUT2D eigenvalue weighted by molar-refractivity contribution is 5.10. The molecule has 12 heavy (non-hydrogen) atoms. The Balaban J connectivity index is 1.98. The van der Waals surface area contributed by atoms with Crippen molar-refractivity contribution in [3.05, 3.63) is 0 Å². The highest BCUT2D eigenvalue weighted by Gasteiger charge is 2.55. The Labute approximate surface area is 73.1 Å². The predicted molar refractivity (Wildman–Crippen MR) is 46.6 cm³/mol. The number of rotatable bonds is 0. The topological polar surface area (TPSA) is 46.2 Å². The highest BCUT2D eigenvalue weighted by atomic mass is 16.3. The number of hydrogen-bond acceptors (Lipinski definition) is 2. The molecule has 0 aliphatic heterocycles. The Morgan fingerprint density at radius 1 is 1.08 bits per heavy atom. The zero-order valence-corrected chi connectivity index (χ0v) is 7.42. The minimum atomic E-state index is -0.362. The quantitative estimate of drug-likeness (QED) is 0.566. The van der Waals surface area contributed by atoms with Gasteiger partial charge in [0.2, 0.25) is 0 Å². The second-order valence-electron chi connectivity index (χ2n) is 5.55. The van der Waals surface area contributed by atoms with Gasteiger partial charge < -0.3 is 10.8 Å². The molecule has 0 aromatic rings. The van der Waals surface area contributed by atoms with Crippen molar-refractivity contribution in [2.24, 2.45) is 17.6 Å². The summed E-state index contributed by atoms with van der Waals surface area (Å²) < 4.78 is 0. The highest BCUT2D eigenvalue weighted by Crippen LogP contribution is 2.56. The van der Waals surface area contributed by atoms with Crippen molar-refractivity contribution < 1.29 is 5.11 Å². The standard InChI is InChI=1S/C10H17NO/c11-9-2-7-1-8(3-9)5-10(12,4-7)6-9/h7-8,12H,1-6,11H2/t7-,8?,9?,10?/m0/s1. The van der Waals surface area contributed by atoms with Crippen molar-refractivity contribution in [1.29, 1.82) is 0 Å². The predicted octanol–water partition coefficient (Wildman–Crippen LogP) is 1.03. The van der Waals surface area contributed by atoms with Crippen LogP contribution in [0, 0.1) is 11.8 Å². The minimum absolute atomic E-state index is 0.0127. The van der Waals surface area contributed by atoms with Crippen LogP contribution in [-0.2, 0) is 0 Å². The van der Waals surface area contributed by atoms with Gasteiger partial charge in [-0.1, -0.05) is 0 Å². The molecule has 0 heterocycles. The second kappa shape index (κ2) is 1.88. The molecule has 68 valence electrons. The van der Waals surface area contributed by atoms with Crippen LogP contribution in [0.4, 0.5) is 0 Å². The summed E-state index contributed by atoms with van der Waals surface area (Å²) in [6, 6.07) is 0. The smallest absolute Gasteiger partial charge is 0.0670 e. The van der Waals surface area contributed by atoms with Crippen LogP contribution in [0.25, 0.3) is 0 Å². The molecule has 4 rings (SSSR count). The Kier molecular flexibility index (Phi) is 1.15. The summed E-state index contributed by atoms with van der Waals surface area (Å²) in [5, 5.41) is 10.2. The van der Waals surface area contributed by atoms with Crippen LogP contribution in [0.2, 0.25) is 0 Å². The van der Waals surface area contributed by atoms with Crippen molar-refractivity contribution >= 4 is 0 Å². The van der Waals surface area contributed by atoms with E-state index in [9.17, 15) is 5.11 Å². The van der Waals surface area contributed by atoms with Gasteiger partial charge in [-0.2, -0.15) is 0 Å². The van der Waals surface area contributed by atoms with E-state index in [0.29, 0.717) is 0 Å².